The summed E-state index contributed by atoms with van der Waals surface area (Å²) in [5.41, 5.74) is 0.392. The van der Waals surface area contributed by atoms with Crippen molar-refractivity contribution in [2.24, 2.45) is 5.92 Å². The minimum Gasteiger partial charge on any atom is -0.348 e. The van der Waals surface area contributed by atoms with Gasteiger partial charge in [0.15, 0.2) is 0 Å². The Morgan fingerprint density at radius 2 is 2.38 bits per heavy atom. The van der Waals surface area contributed by atoms with E-state index in [-0.39, 0.29) is 11.9 Å². The molecule has 1 aliphatic carbocycles. The third-order valence-corrected chi connectivity index (χ3v) is 3.08. The Balaban J connectivity index is 1.82. The zero-order valence-electron chi connectivity index (χ0n) is 9.52. The zero-order chi connectivity index (χ0) is 11.4. The first-order valence-corrected chi connectivity index (χ1v) is 5.82. The molecule has 0 aliphatic heterocycles. The fourth-order valence-electron chi connectivity index (χ4n) is 2.00. The van der Waals surface area contributed by atoms with E-state index in [1.54, 1.807) is 6.20 Å². The van der Waals surface area contributed by atoms with Crippen molar-refractivity contribution in [2.75, 3.05) is 0 Å². The molecule has 4 nitrogen and oxygen atoms in total. The molecule has 2 rings (SSSR count). The highest BCUT2D eigenvalue weighted by Crippen LogP contribution is 2.30. The van der Waals surface area contributed by atoms with Crippen LogP contribution < -0.4 is 5.32 Å². The van der Waals surface area contributed by atoms with Gasteiger partial charge >= 0.3 is 0 Å². The van der Waals surface area contributed by atoms with Crippen molar-refractivity contribution in [3.63, 3.8) is 0 Å². The smallest absolute Gasteiger partial charge is 0.271 e. The summed E-state index contributed by atoms with van der Waals surface area (Å²) in [4.78, 5) is 19.6. The molecule has 1 amide bonds. The van der Waals surface area contributed by atoms with Crippen LogP contribution in [0.5, 0.6) is 0 Å². The Labute approximate surface area is 95.5 Å². The van der Waals surface area contributed by atoms with Crippen LogP contribution in [-0.2, 0) is 0 Å². The average Bonchev–Trinajstić information content (AvgIpc) is 2.25. The van der Waals surface area contributed by atoms with E-state index in [2.05, 4.69) is 15.3 Å². The van der Waals surface area contributed by atoms with Gasteiger partial charge in [0, 0.05) is 18.4 Å². The van der Waals surface area contributed by atoms with Gasteiger partial charge in [-0.2, -0.15) is 0 Å². The van der Waals surface area contributed by atoms with E-state index in [1.807, 2.05) is 6.92 Å². The van der Waals surface area contributed by atoms with Crippen LogP contribution in [0.25, 0.3) is 0 Å². The van der Waals surface area contributed by atoms with Crippen molar-refractivity contribution in [1.29, 1.82) is 0 Å². The predicted molar refractivity (Wildman–Crippen MR) is 60.9 cm³/mol. The number of amides is 1. The maximum atomic E-state index is 11.7. The monoisotopic (exact) mass is 219 g/mol. The van der Waals surface area contributed by atoms with E-state index in [0.717, 1.165) is 12.3 Å². The summed E-state index contributed by atoms with van der Waals surface area (Å²) in [6.45, 7) is 2.05. The number of nitrogens with one attached hydrogen (secondary N) is 1. The van der Waals surface area contributed by atoms with Gasteiger partial charge in [0.25, 0.3) is 5.91 Å². The van der Waals surface area contributed by atoms with Gasteiger partial charge in [-0.3, -0.25) is 9.78 Å². The summed E-state index contributed by atoms with van der Waals surface area (Å²) >= 11 is 0. The van der Waals surface area contributed by atoms with Crippen LogP contribution in [0.1, 0.15) is 43.1 Å². The first-order chi connectivity index (χ1) is 7.75. The van der Waals surface area contributed by atoms with Crippen molar-refractivity contribution in [1.82, 2.24) is 15.3 Å². The molecule has 4 heteroatoms. The predicted octanol–water partition coefficient (Wildman–Crippen LogP) is 1.79. The molecular weight excluding hydrogens is 202 g/mol. The molecule has 1 fully saturated rings. The van der Waals surface area contributed by atoms with Gasteiger partial charge in [-0.05, 0) is 19.3 Å². The van der Waals surface area contributed by atoms with E-state index in [4.69, 9.17) is 0 Å². The number of rotatable bonds is 4. The Hall–Kier alpha value is -1.45. The summed E-state index contributed by atoms with van der Waals surface area (Å²) in [6, 6.07) is 0.222. The lowest BCUT2D eigenvalue weighted by molar-refractivity contribution is 0.0925. The number of hydrogen-bond acceptors (Lipinski definition) is 3. The number of aromatic nitrogens is 2. The van der Waals surface area contributed by atoms with E-state index >= 15 is 0 Å². The van der Waals surface area contributed by atoms with E-state index in [9.17, 15) is 4.79 Å². The van der Waals surface area contributed by atoms with Crippen LogP contribution in [-0.4, -0.2) is 21.9 Å². The number of carbonyl (C=O) groups is 1. The quantitative estimate of drug-likeness (QED) is 0.839. The Morgan fingerprint density at radius 1 is 1.56 bits per heavy atom. The molecule has 1 N–H and O–H groups in total. The third-order valence-electron chi connectivity index (χ3n) is 3.08. The van der Waals surface area contributed by atoms with Crippen LogP contribution in [0.2, 0.25) is 0 Å². The Morgan fingerprint density at radius 3 is 2.94 bits per heavy atom. The van der Waals surface area contributed by atoms with Gasteiger partial charge in [0.1, 0.15) is 5.69 Å². The number of hydrogen-bond donors (Lipinski definition) is 1. The van der Waals surface area contributed by atoms with Gasteiger partial charge in [-0.15, -0.1) is 0 Å². The van der Waals surface area contributed by atoms with Gasteiger partial charge < -0.3 is 5.32 Å². The molecule has 1 aromatic heterocycles. The Bertz CT molecular complexity index is 349. The molecule has 1 unspecified atom stereocenters. The van der Waals surface area contributed by atoms with Crippen molar-refractivity contribution in [3.05, 3.63) is 24.3 Å². The van der Waals surface area contributed by atoms with Crippen molar-refractivity contribution in [2.45, 2.75) is 38.6 Å². The SMILES string of the molecule is CC(CC1CCC1)NC(=O)c1cnccn1. The maximum absolute atomic E-state index is 11.7. The minimum absolute atomic E-state index is 0.125. The molecule has 0 spiro atoms. The largest absolute Gasteiger partial charge is 0.348 e. The summed E-state index contributed by atoms with van der Waals surface area (Å²) in [7, 11) is 0. The highest BCUT2D eigenvalue weighted by molar-refractivity contribution is 5.92. The molecule has 86 valence electrons. The van der Waals surface area contributed by atoms with Gasteiger partial charge in [0.05, 0.1) is 6.20 Å². The second-order valence-electron chi connectivity index (χ2n) is 4.50. The molecule has 16 heavy (non-hydrogen) atoms. The first kappa shape index (κ1) is 11.0. The van der Waals surface area contributed by atoms with Crippen LogP contribution in [0, 0.1) is 5.92 Å². The highest BCUT2D eigenvalue weighted by Gasteiger charge is 2.21. The standard InChI is InChI=1S/C12H17N3O/c1-9(7-10-3-2-4-10)15-12(16)11-8-13-5-6-14-11/h5-6,8-10H,2-4,7H2,1H3,(H,15,16). The summed E-state index contributed by atoms with van der Waals surface area (Å²) in [5.74, 6) is 0.678. The van der Waals surface area contributed by atoms with Crippen LogP contribution >= 0.6 is 0 Å². The molecule has 0 bridgehead atoms. The normalized spacial score (nSPS) is 17.6. The van der Waals surface area contributed by atoms with Gasteiger partial charge in [0.2, 0.25) is 0 Å². The van der Waals surface area contributed by atoms with Crippen molar-refractivity contribution in [3.8, 4) is 0 Å². The molecule has 1 heterocycles. The van der Waals surface area contributed by atoms with E-state index < -0.39 is 0 Å². The van der Waals surface area contributed by atoms with Crippen molar-refractivity contribution < 1.29 is 4.79 Å². The molecule has 0 radical (unpaired) electrons. The Kier molecular flexibility index (Phi) is 3.49. The van der Waals surface area contributed by atoms with E-state index in [1.165, 1.54) is 31.7 Å². The molecule has 1 atom stereocenters. The number of carbonyl (C=O) groups excluding carboxylic acids is 1. The maximum Gasteiger partial charge on any atom is 0.271 e. The molecule has 0 saturated heterocycles. The minimum atomic E-state index is -0.125. The van der Waals surface area contributed by atoms with Gasteiger partial charge in [-0.25, -0.2) is 4.98 Å². The zero-order valence-corrected chi connectivity index (χ0v) is 9.52. The average molecular weight is 219 g/mol. The molecule has 1 saturated carbocycles. The van der Waals surface area contributed by atoms with Crippen molar-refractivity contribution >= 4 is 5.91 Å². The van der Waals surface area contributed by atoms with E-state index in [0.29, 0.717) is 5.69 Å². The number of nitrogens with zero attached hydrogens (tertiary/aromatic N) is 2. The first-order valence-electron chi connectivity index (χ1n) is 5.82. The van der Waals surface area contributed by atoms with Crippen LogP contribution in [0.4, 0.5) is 0 Å². The second kappa shape index (κ2) is 5.05. The molecular formula is C12H17N3O. The second-order valence-corrected chi connectivity index (χ2v) is 4.50. The molecule has 1 aromatic rings. The summed E-state index contributed by atoms with van der Waals surface area (Å²) in [5, 5.41) is 2.95. The molecule has 1 aliphatic rings. The van der Waals surface area contributed by atoms with Crippen LogP contribution in [0.3, 0.4) is 0 Å². The lowest BCUT2D eigenvalue weighted by Gasteiger charge is -2.28. The van der Waals surface area contributed by atoms with Gasteiger partial charge in [-0.1, -0.05) is 19.3 Å². The highest BCUT2D eigenvalue weighted by atomic mass is 16.1. The third kappa shape index (κ3) is 2.78. The summed E-state index contributed by atoms with van der Waals surface area (Å²) in [6.07, 6.45) is 9.63. The topological polar surface area (TPSA) is 54.9 Å². The van der Waals surface area contributed by atoms with Crippen LogP contribution in [0.15, 0.2) is 18.6 Å². The fourth-order valence-corrected chi connectivity index (χ4v) is 2.00. The fraction of sp³-hybridized carbons (Fsp3) is 0.583. The lowest BCUT2D eigenvalue weighted by atomic mass is 9.81. The molecule has 0 aromatic carbocycles. The lowest BCUT2D eigenvalue weighted by Crippen LogP contribution is -2.35. The summed E-state index contributed by atoms with van der Waals surface area (Å²) < 4.78 is 0.